The SMILES string of the molecule is OCC(O)[C@H]1C[C@H]2C=CC[C@@H]3CSC[C@@]32C1. The predicted octanol–water partition coefficient (Wildman–Crippen LogP) is 1.68. The Morgan fingerprint density at radius 3 is 3.19 bits per heavy atom. The zero-order valence-electron chi connectivity index (χ0n) is 9.51. The summed E-state index contributed by atoms with van der Waals surface area (Å²) in [6.45, 7) is -0.0744. The number of allylic oxidation sites excluding steroid dienone is 2. The quantitative estimate of drug-likeness (QED) is 0.721. The van der Waals surface area contributed by atoms with E-state index < -0.39 is 6.10 Å². The van der Waals surface area contributed by atoms with Gasteiger partial charge < -0.3 is 10.2 Å². The van der Waals surface area contributed by atoms with E-state index in [1.54, 1.807) is 0 Å². The van der Waals surface area contributed by atoms with Gasteiger partial charge in [0.1, 0.15) is 0 Å². The molecule has 3 aliphatic rings. The highest BCUT2D eigenvalue weighted by Crippen LogP contribution is 2.61. The van der Waals surface area contributed by atoms with Gasteiger partial charge in [-0.2, -0.15) is 11.8 Å². The number of rotatable bonds is 2. The van der Waals surface area contributed by atoms with Gasteiger partial charge in [0.25, 0.3) is 0 Å². The second-order valence-corrected chi connectivity index (χ2v) is 6.70. The molecule has 2 N–H and O–H groups in total. The topological polar surface area (TPSA) is 40.5 Å². The van der Waals surface area contributed by atoms with E-state index in [0.717, 1.165) is 18.8 Å². The van der Waals surface area contributed by atoms with Crippen molar-refractivity contribution in [1.29, 1.82) is 0 Å². The van der Waals surface area contributed by atoms with E-state index in [2.05, 4.69) is 23.9 Å². The number of aliphatic hydroxyl groups excluding tert-OH is 2. The molecule has 1 spiro atoms. The largest absolute Gasteiger partial charge is 0.394 e. The van der Waals surface area contributed by atoms with Crippen LogP contribution >= 0.6 is 11.8 Å². The van der Waals surface area contributed by atoms with Crippen LogP contribution in [-0.4, -0.2) is 34.4 Å². The van der Waals surface area contributed by atoms with Gasteiger partial charge in [0.05, 0.1) is 12.7 Å². The van der Waals surface area contributed by atoms with Gasteiger partial charge in [-0.1, -0.05) is 12.2 Å². The lowest BCUT2D eigenvalue weighted by molar-refractivity contribution is 0.0429. The molecule has 1 heterocycles. The molecule has 2 fully saturated rings. The van der Waals surface area contributed by atoms with Crippen LogP contribution in [0, 0.1) is 23.2 Å². The van der Waals surface area contributed by atoms with Crippen molar-refractivity contribution in [3.8, 4) is 0 Å². The Hall–Kier alpha value is 0.01000. The number of hydrogen-bond acceptors (Lipinski definition) is 3. The van der Waals surface area contributed by atoms with Crippen molar-refractivity contribution in [3.63, 3.8) is 0 Å². The molecular weight excluding hydrogens is 220 g/mol. The zero-order chi connectivity index (χ0) is 11.2. The summed E-state index contributed by atoms with van der Waals surface area (Å²) in [7, 11) is 0. The Morgan fingerprint density at radius 1 is 1.50 bits per heavy atom. The third-order valence-corrected chi connectivity index (χ3v) is 6.34. The fourth-order valence-electron chi connectivity index (χ4n) is 4.02. The van der Waals surface area contributed by atoms with Crippen LogP contribution in [0.3, 0.4) is 0 Å². The molecule has 0 aromatic rings. The zero-order valence-corrected chi connectivity index (χ0v) is 10.3. The Kier molecular flexibility index (Phi) is 2.81. The first-order valence-electron chi connectivity index (χ1n) is 6.29. The van der Waals surface area contributed by atoms with Gasteiger partial charge in [0.2, 0.25) is 0 Å². The van der Waals surface area contributed by atoms with Crippen molar-refractivity contribution in [3.05, 3.63) is 12.2 Å². The lowest BCUT2D eigenvalue weighted by atomic mass is 9.66. The van der Waals surface area contributed by atoms with E-state index in [-0.39, 0.29) is 6.61 Å². The third kappa shape index (κ3) is 1.48. The van der Waals surface area contributed by atoms with Gasteiger partial charge in [-0.05, 0) is 53.9 Å². The molecule has 90 valence electrons. The van der Waals surface area contributed by atoms with Crippen LogP contribution in [0.5, 0.6) is 0 Å². The van der Waals surface area contributed by atoms with Gasteiger partial charge in [-0.3, -0.25) is 0 Å². The highest BCUT2D eigenvalue weighted by Gasteiger charge is 2.55. The van der Waals surface area contributed by atoms with Crippen LogP contribution < -0.4 is 0 Å². The Bertz CT molecular complexity index is 304. The molecule has 0 amide bonds. The van der Waals surface area contributed by atoms with Crippen molar-refractivity contribution in [1.82, 2.24) is 0 Å². The molecule has 0 aromatic carbocycles. The summed E-state index contributed by atoms with van der Waals surface area (Å²) in [4.78, 5) is 0. The molecule has 1 saturated heterocycles. The molecule has 0 radical (unpaired) electrons. The van der Waals surface area contributed by atoms with Crippen LogP contribution in [0.1, 0.15) is 19.3 Å². The van der Waals surface area contributed by atoms with Gasteiger partial charge in [0, 0.05) is 0 Å². The molecule has 1 unspecified atom stereocenters. The Balaban J connectivity index is 1.84. The van der Waals surface area contributed by atoms with Crippen LogP contribution in [0.15, 0.2) is 12.2 Å². The van der Waals surface area contributed by atoms with Gasteiger partial charge in [-0.25, -0.2) is 0 Å². The minimum Gasteiger partial charge on any atom is -0.394 e. The number of thioether (sulfide) groups is 1. The molecular formula is C13H20O2S. The summed E-state index contributed by atoms with van der Waals surface area (Å²) in [5, 5.41) is 18.9. The summed E-state index contributed by atoms with van der Waals surface area (Å²) in [6, 6.07) is 0. The van der Waals surface area contributed by atoms with Gasteiger partial charge in [-0.15, -0.1) is 0 Å². The Morgan fingerprint density at radius 2 is 2.38 bits per heavy atom. The molecule has 1 saturated carbocycles. The third-order valence-electron chi connectivity index (χ3n) is 4.96. The summed E-state index contributed by atoms with van der Waals surface area (Å²) in [6.07, 6.45) is 7.65. The lowest BCUT2D eigenvalue weighted by Crippen LogP contribution is -2.35. The highest BCUT2D eigenvalue weighted by molar-refractivity contribution is 7.99. The summed E-state index contributed by atoms with van der Waals surface area (Å²) < 4.78 is 0. The normalized spacial score (nSPS) is 47.8. The molecule has 2 nitrogen and oxygen atoms in total. The van der Waals surface area contributed by atoms with Crippen molar-refractivity contribution in [2.75, 3.05) is 18.1 Å². The van der Waals surface area contributed by atoms with Crippen LogP contribution in [0.2, 0.25) is 0 Å². The second-order valence-electron chi connectivity index (χ2n) is 5.67. The molecule has 1 aliphatic heterocycles. The van der Waals surface area contributed by atoms with Crippen LogP contribution in [-0.2, 0) is 0 Å². The molecule has 3 heteroatoms. The van der Waals surface area contributed by atoms with Crippen molar-refractivity contribution >= 4 is 11.8 Å². The fraction of sp³-hybridized carbons (Fsp3) is 0.846. The first-order valence-corrected chi connectivity index (χ1v) is 7.45. The standard InChI is InChI=1S/C13H20O2S/c14-6-12(15)9-4-10-2-1-3-11-7-16-8-13(10,11)5-9/h1-2,9-12,14-15H,3-8H2/t9-,10+,11+,12?,13+/m0/s1. The predicted molar refractivity (Wildman–Crippen MR) is 66.3 cm³/mol. The fourth-order valence-corrected chi connectivity index (χ4v) is 5.83. The van der Waals surface area contributed by atoms with E-state index in [1.807, 2.05) is 0 Å². The van der Waals surface area contributed by atoms with E-state index in [9.17, 15) is 5.11 Å². The summed E-state index contributed by atoms with van der Waals surface area (Å²) >= 11 is 2.08. The highest BCUT2D eigenvalue weighted by atomic mass is 32.2. The lowest BCUT2D eigenvalue weighted by Gasteiger charge is -2.38. The Labute approximate surface area is 101 Å². The average Bonchev–Trinajstić information content (AvgIpc) is 2.87. The molecule has 3 rings (SSSR count). The van der Waals surface area contributed by atoms with Crippen molar-refractivity contribution in [2.45, 2.75) is 25.4 Å². The monoisotopic (exact) mass is 240 g/mol. The number of aliphatic hydroxyl groups is 2. The molecule has 0 bridgehead atoms. The summed E-state index contributed by atoms with van der Waals surface area (Å²) in [5.74, 6) is 4.36. The molecule has 0 aromatic heterocycles. The number of hydrogen-bond donors (Lipinski definition) is 2. The van der Waals surface area contributed by atoms with E-state index >= 15 is 0 Å². The maximum absolute atomic E-state index is 9.84. The van der Waals surface area contributed by atoms with E-state index in [1.165, 1.54) is 17.9 Å². The van der Waals surface area contributed by atoms with Gasteiger partial charge in [0.15, 0.2) is 0 Å². The molecule has 2 aliphatic carbocycles. The van der Waals surface area contributed by atoms with Gasteiger partial charge >= 0.3 is 0 Å². The molecule has 5 atom stereocenters. The molecule has 16 heavy (non-hydrogen) atoms. The van der Waals surface area contributed by atoms with Crippen molar-refractivity contribution in [2.24, 2.45) is 23.2 Å². The first kappa shape index (κ1) is 11.1. The first-order chi connectivity index (χ1) is 7.76. The van der Waals surface area contributed by atoms with Crippen LogP contribution in [0.4, 0.5) is 0 Å². The maximum Gasteiger partial charge on any atom is 0.0799 e. The minimum atomic E-state index is -0.500. The minimum absolute atomic E-state index is 0.0744. The van der Waals surface area contributed by atoms with E-state index in [4.69, 9.17) is 5.11 Å². The summed E-state index contributed by atoms with van der Waals surface area (Å²) in [5.41, 5.74) is 0.459. The van der Waals surface area contributed by atoms with E-state index in [0.29, 0.717) is 17.3 Å². The smallest absolute Gasteiger partial charge is 0.0799 e. The van der Waals surface area contributed by atoms with Crippen LogP contribution in [0.25, 0.3) is 0 Å². The maximum atomic E-state index is 9.84. The second kappa shape index (κ2) is 4.04. The average molecular weight is 240 g/mol. The van der Waals surface area contributed by atoms with Crippen molar-refractivity contribution < 1.29 is 10.2 Å².